The van der Waals surface area contributed by atoms with Crippen molar-refractivity contribution in [3.8, 4) is 0 Å². The number of hydrogen-bond acceptors (Lipinski definition) is 3. The lowest BCUT2D eigenvalue weighted by Crippen LogP contribution is -2.45. The van der Waals surface area contributed by atoms with Crippen LogP contribution in [0, 0.1) is 5.92 Å². The van der Waals surface area contributed by atoms with Crippen LogP contribution in [-0.4, -0.2) is 28.9 Å². The molecule has 0 bridgehead atoms. The van der Waals surface area contributed by atoms with Gasteiger partial charge in [-0.2, -0.15) is 0 Å². The topological polar surface area (TPSA) is 95.5 Å². The Hall–Kier alpha value is -2.37. The third-order valence-electron chi connectivity index (χ3n) is 6.98. The maximum absolute atomic E-state index is 12.4. The normalized spacial score (nSPS) is 12.6. The smallest absolute Gasteiger partial charge is 0.326 e. The lowest BCUT2D eigenvalue weighted by Gasteiger charge is -2.20. The Morgan fingerprint density at radius 1 is 0.778 bits per heavy atom. The highest BCUT2D eigenvalue weighted by molar-refractivity contribution is 5.96. The van der Waals surface area contributed by atoms with Gasteiger partial charge in [-0.15, -0.1) is 0 Å². The van der Waals surface area contributed by atoms with Crippen molar-refractivity contribution in [2.75, 3.05) is 0 Å². The van der Waals surface area contributed by atoms with Gasteiger partial charge in [-0.1, -0.05) is 116 Å². The van der Waals surface area contributed by atoms with Crippen LogP contribution in [0.25, 0.3) is 0 Å². The van der Waals surface area contributed by atoms with Crippen molar-refractivity contribution in [3.05, 3.63) is 35.4 Å². The zero-order chi connectivity index (χ0) is 26.6. The van der Waals surface area contributed by atoms with Crippen molar-refractivity contribution in [2.45, 2.75) is 130 Å². The number of benzene rings is 1. The van der Waals surface area contributed by atoms with Gasteiger partial charge in [0.25, 0.3) is 5.91 Å². The van der Waals surface area contributed by atoms with E-state index in [0.29, 0.717) is 24.9 Å². The van der Waals surface area contributed by atoms with Crippen LogP contribution in [-0.2, 0) is 16.1 Å². The molecule has 2 amide bonds. The molecule has 0 saturated carbocycles. The molecular weight excluding hydrogens is 452 g/mol. The van der Waals surface area contributed by atoms with Crippen LogP contribution in [0.5, 0.6) is 0 Å². The Labute approximate surface area is 219 Å². The predicted molar refractivity (Wildman–Crippen MR) is 147 cm³/mol. The number of rotatable bonds is 21. The molecule has 0 saturated heterocycles. The molecule has 0 spiro atoms. The number of carboxylic acid groups (broad SMARTS) is 1. The van der Waals surface area contributed by atoms with Crippen LogP contribution < -0.4 is 10.6 Å². The molecule has 0 radical (unpaired) electrons. The van der Waals surface area contributed by atoms with E-state index in [1.807, 2.05) is 13.8 Å². The van der Waals surface area contributed by atoms with Crippen LogP contribution in [0.4, 0.5) is 0 Å². The average Bonchev–Trinajstić information content (AvgIpc) is 2.88. The molecule has 0 aromatic heterocycles. The molecule has 3 N–H and O–H groups in total. The summed E-state index contributed by atoms with van der Waals surface area (Å²) in [6.45, 7) is 6.38. The van der Waals surface area contributed by atoms with E-state index in [-0.39, 0.29) is 11.8 Å². The predicted octanol–water partition coefficient (Wildman–Crippen LogP) is 7.01. The molecule has 36 heavy (non-hydrogen) atoms. The summed E-state index contributed by atoms with van der Waals surface area (Å²) >= 11 is 0. The number of unbranched alkanes of at least 4 members (excludes halogenated alkanes) is 12. The highest BCUT2D eigenvalue weighted by Gasteiger charge is 2.25. The van der Waals surface area contributed by atoms with Crippen molar-refractivity contribution < 1.29 is 19.5 Å². The Kier molecular flexibility index (Phi) is 17.4. The first-order valence-electron chi connectivity index (χ1n) is 14.3. The van der Waals surface area contributed by atoms with Crippen molar-refractivity contribution in [1.82, 2.24) is 10.6 Å². The maximum Gasteiger partial charge on any atom is 0.326 e. The summed E-state index contributed by atoms with van der Waals surface area (Å²) in [5, 5.41) is 14.9. The summed E-state index contributed by atoms with van der Waals surface area (Å²) in [6, 6.07) is 6.00. The average molecular weight is 503 g/mol. The Morgan fingerprint density at radius 2 is 1.28 bits per heavy atom. The molecular formula is C30H50N2O4. The summed E-state index contributed by atoms with van der Waals surface area (Å²) < 4.78 is 0. The minimum atomic E-state index is -1.03. The summed E-state index contributed by atoms with van der Waals surface area (Å²) in [6.07, 6.45) is 18.0. The SMILES string of the molecule is CCCCCCCCCCCCCCCC(=O)NCc1ccc(C(=O)N[C@H](C(=O)O)[C@@H](C)CC)cc1. The molecule has 0 heterocycles. The fraction of sp³-hybridized carbons (Fsp3) is 0.700. The summed E-state index contributed by atoms with van der Waals surface area (Å²) in [4.78, 5) is 36.0. The minimum absolute atomic E-state index is 0.0535. The highest BCUT2D eigenvalue weighted by Crippen LogP contribution is 2.13. The zero-order valence-corrected chi connectivity index (χ0v) is 22.9. The second-order valence-electron chi connectivity index (χ2n) is 10.1. The van der Waals surface area contributed by atoms with E-state index in [1.165, 1.54) is 70.6 Å². The fourth-order valence-corrected chi connectivity index (χ4v) is 4.27. The fourth-order valence-electron chi connectivity index (χ4n) is 4.27. The standard InChI is InChI=1S/C30H50N2O4/c1-4-6-7-8-9-10-11-12-13-14-15-16-17-18-27(33)31-23-25-19-21-26(22-20-25)29(34)32-28(30(35)36)24(3)5-2/h19-22,24,28H,4-18,23H2,1-3H3,(H,31,33)(H,32,34)(H,35,36)/t24-,28-/m0/s1. The van der Waals surface area contributed by atoms with Gasteiger partial charge in [0.2, 0.25) is 5.91 Å². The third-order valence-corrected chi connectivity index (χ3v) is 6.98. The summed E-state index contributed by atoms with van der Waals surface area (Å²) in [5.74, 6) is -1.53. The molecule has 1 aromatic rings. The van der Waals surface area contributed by atoms with Crippen LogP contribution in [0.15, 0.2) is 24.3 Å². The van der Waals surface area contributed by atoms with E-state index < -0.39 is 17.9 Å². The van der Waals surface area contributed by atoms with Crippen LogP contribution in [0.3, 0.4) is 0 Å². The Balaban J connectivity index is 2.14. The molecule has 2 atom stereocenters. The van der Waals surface area contributed by atoms with Crippen LogP contribution in [0.1, 0.15) is 133 Å². The second-order valence-corrected chi connectivity index (χ2v) is 10.1. The van der Waals surface area contributed by atoms with Gasteiger partial charge in [0.1, 0.15) is 6.04 Å². The number of amides is 2. The molecule has 0 aliphatic rings. The van der Waals surface area contributed by atoms with E-state index in [9.17, 15) is 19.5 Å². The molecule has 6 nitrogen and oxygen atoms in total. The maximum atomic E-state index is 12.4. The summed E-state index contributed by atoms with van der Waals surface area (Å²) in [5.41, 5.74) is 1.31. The first-order valence-corrected chi connectivity index (χ1v) is 14.3. The number of carbonyl (C=O) groups is 3. The van der Waals surface area contributed by atoms with Crippen molar-refractivity contribution in [1.29, 1.82) is 0 Å². The molecule has 0 unspecified atom stereocenters. The van der Waals surface area contributed by atoms with Gasteiger partial charge >= 0.3 is 5.97 Å². The van der Waals surface area contributed by atoms with E-state index in [0.717, 1.165) is 18.4 Å². The van der Waals surface area contributed by atoms with Gasteiger partial charge in [-0.3, -0.25) is 9.59 Å². The number of nitrogens with one attached hydrogen (secondary N) is 2. The number of aliphatic carboxylic acids is 1. The van der Waals surface area contributed by atoms with E-state index in [4.69, 9.17) is 0 Å². The zero-order valence-electron chi connectivity index (χ0n) is 22.9. The first-order chi connectivity index (χ1) is 17.4. The van der Waals surface area contributed by atoms with E-state index >= 15 is 0 Å². The van der Waals surface area contributed by atoms with Gasteiger partial charge in [-0.25, -0.2) is 4.79 Å². The molecule has 1 rings (SSSR count). The molecule has 0 aliphatic carbocycles. The monoisotopic (exact) mass is 502 g/mol. The largest absolute Gasteiger partial charge is 0.480 e. The summed E-state index contributed by atoms with van der Waals surface area (Å²) in [7, 11) is 0. The van der Waals surface area contributed by atoms with Gasteiger partial charge in [0.05, 0.1) is 0 Å². The first kappa shape index (κ1) is 31.7. The van der Waals surface area contributed by atoms with Gasteiger partial charge in [0.15, 0.2) is 0 Å². The molecule has 0 aliphatic heterocycles. The lowest BCUT2D eigenvalue weighted by atomic mass is 9.99. The molecule has 6 heteroatoms. The Morgan fingerprint density at radius 3 is 1.75 bits per heavy atom. The second kappa shape index (κ2) is 19.8. The molecule has 204 valence electrons. The van der Waals surface area contributed by atoms with Crippen molar-refractivity contribution in [3.63, 3.8) is 0 Å². The number of carboxylic acids is 1. The van der Waals surface area contributed by atoms with Gasteiger partial charge in [0, 0.05) is 18.5 Å². The van der Waals surface area contributed by atoms with Crippen molar-refractivity contribution >= 4 is 17.8 Å². The molecule has 0 fully saturated rings. The van der Waals surface area contributed by atoms with Gasteiger partial charge in [-0.05, 0) is 30.0 Å². The molecule has 1 aromatic carbocycles. The van der Waals surface area contributed by atoms with Crippen molar-refractivity contribution in [2.24, 2.45) is 5.92 Å². The van der Waals surface area contributed by atoms with Crippen LogP contribution >= 0.6 is 0 Å². The van der Waals surface area contributed by atoms with Crippen LogP contribution in [0.2, 0.25) is 0 Å². The third kappa shape index (κ3) is 14.3. The van der Waals surface area contributed by atoms with E-state index in [2.05, 4.69) is 17.6 Å². The lowest BCUT2D eigenvalue weighted by molar-refractivity contribution is -0.140. The number of carbonyl (C=O) groups excluding carboxylic acids is 2. The minimum Gasteiger partial charge on any atom is -0.480 e. The highest BCUT2D eigenvalue weighted by atomic mass is 16.4. The quantitative estimate of drug-likeness (QED) is 0.157. The van der Waals surface area contributed by atoms with E-state index in [1.54, 1.807) is 24.3 Å². The Bertz CT molecular complexity index is 748. The number of hydrogen-bond donors (Lipinski definition) is 3. The van der Waals surface area contributed by atoms with Gasteiger partial charge < -0.3 is 15.7 Å².